The Balaban J connectivity index is 2.43. The van der Waals surface area contributed by atoms with E-state index in [2.05, 4.69) is 55.8 Å². The third-order valence-electron chi connectivity index (χ3n) is 3.67. The van der Waals surface area contributed by atoms with Crippen molar-refractivity contribution in [2.24, 2.45) is 0 Å². The van der Waals surface area contributed by atoms with E-state index in [0.29, 0.717) is 6.04 Å². The molecule has 17 heavy (non-hydrogen) atoms. The molecule has 0 spiro atoms. The van der Waals surface area contributed by atoms with Crippen LogP contribution in [0, 0.1) is 0 Å². The van der Waals surface area contributed by atoms with Crippen LogP contribution in [0.2, 0.25) is 0 Å². The standard InChI is InChI=1S/C15H28N2/c1-5-15(13-16(4)6-2)10-9-14(3)17-11-7-8-12-17/h5,9-10,14H,6-8,11-13H2,1-4H3/b10-9-,15-5+. The molecule has 0 amide bonds. The summed E-state index contributed by atoms with van der Waals surface area (Å²) in [6.07, 6.45) is 9.61. The van der Waals surface area contributed by atoms with Gasteiger partial charge in [0.15, 0.2) is 0 Å². The Morgan fingerprint density at radius 1 is 1.35 bits per heavy atom. The van der Waals surface area contributed by atoms with Gasteiger partial charge in [-0.05, 0) is 58.9 Å². The highest BCUT2D eigenvalue weighted by Crippen LogP contribution is 2.13. The summed E-state index contributed by atoms with van der Waals surface area (Å²) in [5, 5.41) is 0. The van der Waals surface area contributed by atoms with Crippen molar-refractivity contribution in [1.29, 1.82) is 0 Å². The van der Waals surface area contributed by atoms with Gasteiger partial charge in [0, 0.05) is 12.6 Å². The van der Waals surface area contributed by atoms with Gasteiger partial charge in [-0.1, -0.05) is 25.2 Å². The summed E-state index contributed by atoms with van der Waals surface area (Å²) in [6, 6.07) is 0.583. The predicted octanol–water partition coefficient (Wildman–Crippen LogP) is 2.92. The fourth-order valence-electron chi connectivity index (χ4n) is 2.20. The maximum Gasteiger partial charge on any atom is 0.0253 e. The highest BCUT2D eigenvalue weighted by atomic mass is 15.2. The molecule has 2 nitrogen and oxygen atoms in total. The van der Waals surface area contributed by atoms with E-state index >= 15 is 0 Å². The summed E-state index contributed by atoms with van der Waals surface area (Å²) < 4.78 is 0. The molecule has 0 aromatic carbocycles. The first-order chi connectivity index (χ1) is 8.17. The quantitative estimate of drug-likeness (QED) is 0.654. The molecule has 1 heterocycles. The molecule has 0 bridgehead atoms. The van der Waals surface area contributed by atoms with Gasteiger partial charge in [0.1, 0.15) is 0 Å². The topological polar surface area (TPSA) is 6.48 Å². The van der Waals surface area contributed by atoms with Crippen molar-refractivity contribution < 1.29 is 0 Å². The Kier molecular flexibility index (Phi) is 6.53. The average molecular weight is 236 g/mol. The summed E-state index contributed by atoms with van der Waals surface area (Å²) >= 11 is 0. The fraction of sp³-hybridized carbons (Fsp3) is 0.733. The minimum Gasteiger partial charge on any atom is -0.302 e. The van der Waals surface area contributed by atoms with E-state index in [-0.39, 0.29) is 0 Å². The number of likely N-dealkylation sites (N-methyl/N-ethyl adjacent to an activating group) is 1. The van der Waals surface area contributed by atoms with Crippen molar-refractivity contribution >= 4 is 0 Å². The van der Waals surface area contributed by atoms with Gasteiger partial charge < -0.3 is 4.90 Å². The van der Waals surface area contributed by atoms with Crippen LogP contribution in [0.3, 0.4) is 0 Å². The molecule has 1 aliphatic rings. The molecule has 0 radical (unpaired) electrons. The molecular formula is C15H28N2. The molecule has 2 heteroatoms. The van der Waals surface area contributed by atoms with Gasteiger partial charge in [-0.3, -0.25) is 4.90 Å². The van der Waals surface area contributed by atoms with Gasteiger partial charge in [-0.2, -0.15) is 0 Å². The first-order valence-electron chi connectivity index (χ1n) is 6.93. The van der Waals surface area contributed by atoms with E-state index in [4.69, 9.17) is 0 Å². The molecule has 1 aliphatic heterocycles. The Labute approximate surface area is 107 Å². The lowest BCUT2D eigenvalue weighted by Gasteiger charge is -2.21. The third kappa shape index (κ3) is 5.05. The van der Waals surface area contributed by atoms with Crippen LogP contribution in [0.25, 0.3) is 0 Å². The number of allylic oxidation sites excluding steroid dienone is 1. The smallest absolute Gasteiger partial charge is 0.0253 e. The Morgan fingerprint density at radius 3 is 2.53 bits per heavy atom. The zero-order valence-corrected chi connectivity index (χ0v) is 11.9. The van der Waals surface area contributed by atoms with E-state index in [1.807, 2.05) is 0 Å². The van der Waals surface area contributed by atoms with Gasteiger partial charge >= 0.3 is 0 Å². The Bertz CT molecular complexity index is 262. The van der Waals surface area contributed by atoms with Crippen LogP contribution >= 0.6 is 0 Å². The van der Waals surface area contributed by atoms with E-state index in [1.54, 1.807) is 0 Å². The van der Waals surface area contributed by atoms with Gasteiger partial charge in [0.05, 0.1) is 0 Å². The first-order valence-corrected chi connectivity index (χ1v) is 6.93. The first kappa shape index (κ1) is 14.5. The third-order valence-corrected chi connectivity index (χ3v) is 3.67. The maximum absolute atomic E-state index is 2.56. The fourth-order valence-corrected chi connectivity index (χ4v) is 2.20. The van der Waals surface area contributed by atoms with Crippen LogP contribution < -0.4 is 0 Å². The second-order valence-electron chi connectivity index (χ2n) is 5.04. The number of hydrogen-bond acceptors (Lipinski definition) is 2. The molecule has 0 saturated carbocycles. The minimum atomic E-state index is 0.583. The van der Waals surface area contributed by atoms with Crippen molar-refractivity contribution in [2.45, 2.75) is 39.7 Å². The summed E-state index contributed by atoms with van der Waals surface area (Å²) in [4.78, 5) is 4.90. The molecule has 0 aliphatic carbocycles. The van der Waals surface area contributed by atoms with Gasteiger partial charge in [0.2, 0.25) is 0 Å². The minimum absolute atomic E-state index is 0.583. The SMILES string of the molecule is C/C=C(\C=C/C(C)N1CCCC1)CN(C)CC. The molecular weight excluding hydrogens is 208 g/mol. The Morgan fingerprint density at radius 2 is 2.00 bits per heavy atom. The average Bonchev–Trinajstić information content (AvgIpc) is 2.87. The molecule has 1 saturated heterocycles. The predicted molar refractivity (Wildman–Crippen MR) is 76.3 cm³/mol. The summed E-state index contributed by atoms with van der Waals surface area (Å²) in [7, 11) is 2.17. The summed E-state index contributed by atoms with van der Waals surface area (Å²) in [5.41, 5.74) is 1.42. The highest BCUT2D eigenvalue weighted by molar-refractivity contribution is 5.20. The molecule has 0 aromatic rings. The lowest BCUT2D eigenvalue weighted by atomic mass is 10.1. The lowest BCUT2D eigenvalue weighted by molar-refractivity contribution is 0.300. The number of nitrogens with zero attached hydrogens (tertiary/aromatic N) is 2. The van der Waals surface area contributed by atoms with E-state index in [0.717, 1.165) is 13.1 Å². The van der Waals surface area contributed by atoms with Crippen molar-refractivity contribution in [3.63, 3.8) is 0 Å². The van der Waals surface area contributed by atoms with Gasteiger partial charge in [-0.25, -0.2) is 0 Å². The van der Waals surface area contributed by atoms with Crippen LogP contribution in [-0.4, -0.2) is 49.1 Å². The van der Waals surface area contributed by atoms with E-state index in [1.165, 1.54) is 31.5 Å². The molecule has 1 atom stereocenters. The number of likely N-dealkylation sites (tertiary alicyclic amines) is 1. The highest BCUT2D eigenvalue weighted by Gasteiger charge is 2.15. The molecule has 1 rings (SSSR count). The zero-order chi connectivity index (χ0) is 12.7. The lowest BCUT2D eigenvalue weighted by Crippen LogP contribution is -2.28. The summed E-state index contributed by atoms with van der Waals surface area (Å²) in [5.74, 6) is 0. The van der Waals surface area contributed by atoms with Gasteiger partial charge in [-0.15, -0.1) is 0 Å². The Hall–Kier alpha value is -0.600. The molecule has 1 unspecified atom stereocenters. The number of hydrogen-bond donors (Lipinski definition) is 0. The monoisotopic (exact) mass is 236 g/mol. The van der Waals surface area contributed by atoms with Crippen molar-refractivity contribution in [3.8, 4) is 0 Å². The van der Waals surface area contributed by atoms with Crippen molar-refractivity contribution in [3.05, 3.63) is 23.8 Å². The molecule has 1 fully saturated rings. The van der Waals surface area contributed by atoms with Gasteiger partial charge in [0.25, 0.3) is 0 Å². The van der Waals surface area contributed by atoms with Crippen LogP contribution in [0.15, 0.2) is 23.8 Å². The largest absolute Gasteiger partial charge is 0.302 e. The molecule has 98 valence electrons. The normalized spacial score (nSPS) is 20.6. The van der Waals surface area contributed by atoms with Crippen molar-refractivity contribution in [1.82, 2.24) is 9.80 Å². The second-order valence-corrected chi connectivity index (χ2v) is 5.04. The second kappa shape index (κ2) is 7.67. The van der Waals surface area contributed by atoms with Crippen molar-refractivity contribution in [2.75, 3.05) is 33.2 Å². The van der Waals surface area contributed by atoms with Crippen LogP contribution in [-0.2, 0) is 0 Å². The zero-order valence-electron chi connectivity index (χ0n) is 11.9. The van der Waals surface area contributed by atoms with Crippen LogP contribution in [0.5, 0.6) is 0 Å². The molecule has 0 N–H and O–H groups in total. The maximum atomic E-state index is 2.56. The van der Waals surface area contributed by atoms with Crippen LogP contribution in [0.1, 0.15) is 33.6 Å². The molecule has 0 aromatic heterocycles. The van der Waals surface area contributed by atoms with Crippen LogP contribution in [0.4, 0.5) is 0 Å². The van der Waals surface area contributed by atoms with E-state index < -0.39 is 0 Å². The summed E-state index contributed by atoms with van der Waals surface area (Å²) in [6.45, 7) is 11.3. The number of rotatable bonds is 6. The van der Waals surface area contributed by atoms with E-state index in [9.17, 15) is 0 Å².